The summed E-state index contributed by atoms with van der Waals surface area (Å²) in [6, 6.07) is 6.35. The summed E-state index contributed by atoms with van der Waals surface area (Å²) in [4.78, 5) is 51.9. The Morgan fingerprint density at radius 2 is 1.76 bits per heavy atom. The summed E-state index contributed by atoms with van der Waals surface area (Å²) in [5, 5.41) is 5.16. The Labute approximate surface area is 222 Å². The molecule has 0 spiro atoms. The number of benzene rings is 1. The van der Waals surface area contributed by atoms with Gasteiger partial charge in [-0.1, -0.05) is 36.7 Å². The van der Waals surface area contributed by atoms with Crippen LogP contribution in [0.5, 0.6) is 5.75 Å². The van der Waals surface area contributed by atoms with Gasteiger partial charge >= 0.3 is 5.97 Å². The maximum atomic E-state index is 13.7. The zero-order valence-corrected chi connectivity index (χ0v) is 22.7. The first kappa shape index (κ1) is 29.0. The molecule has 1 aliphatic heterocycles. The van der Waals surface area contributed by atoms with Crippen LogP contribution in [0.1, 0.15) is 57.9 Å². The van der Waals surface area contributed by atoms with Crippen molar-refractivity contribution in [3.05, 3.63) is 29.8 Å². The third-order valence-corrected chi connectivity index (χ3v) is 8.16. The van der Waals surface area contributed by atoms with Gasteiger partial charge in [-0.3, -0.25) is 14.4 Å². The van der Waals surface area contributed by atoms with Crippen LogP contribution in [0.2, 0.25) is 0 Å². The van der Waals surface area contributed by atoms with Crippen LogP contribution in [0.4, 0.5) is 0 Å². The van der Waals surface area contributed by atoms with Crippen molar-refractivity contribution in [1.29, 1.82) is 0 Å². The molecule has 1 saturated heterocycles. The van der Waals surface area contributed by atoms with E-state index in [2.05, 4.69) is 10.6 Å². The second kappa shape index (κ2) is 13.8. The molecule has 0 bridgehead atoms. The summed E-state index contributed by atoms with van der Waals surface area (Å²) in [6.07, 6.45) is 4.09. The molecule has 1 aliphatic carbocycles. The zero-order valence-electron chi connectivity index (χ0n) is 21.9. The van der Waals surface area contributed by atoms with Crippen LogP contribution in [0.15, 0.2) is 24.3 Å². The summed E-state index contributed by atoms with van der Waals surface area (Å²) >= 11 is 1.02. The van der Waals surface area contributed by atoms with Gasteiger partial charge in [0, 0.05) is 26.6 Å². The van der Waals surface area contributed by atoms with Gasteiger partial charge in [0.2, 0.25) is 11.8 Å². The minimum Gasteiger partial charge on any atom is -0.497 e. The number of hydrogen-bond acceptors (Lipinski definition) is 8. The van der Waals surface area contributed by atoms with Gasteiger partial charge in [-0.15, -0.1) is 0 Å². The molecule has 10 heteroatoms. The molecule has 2 N–H and O–H groups in total. The van der Waals surface area contributed by atoms with Crippen LogP contribution in [0.25, 0.3) is 0 Å². The molecule has 2 fully saturated rings. The summed E-state index contributed by atoms with van der Waals surface area (Å²) in [5.74, 6) is -0.559. The Morgan fingerprint density at radius 3 is 2.32 bits per heavy atom. The highest BCUT2D eigenvalue weighted by atomic mass is 32.2. The molecule has 2 atom stereocenters. The van der Waals surface area contributed by atoms with Gasteiger partial charge in [0.05, 0.1) is 19.0 Å². The van der Waals surface area contributed by atoms with Gasteiger partial charge < -0.3 is 24.8 Å². The first-order valence-corrected chi connectivity index (χ1v) is 13.8. The fourth-order valence-electron chi connectivity index (χ4n) is 4.99. The molecule has 9 nitrogen and oxygen atoms in total. The quantitative estimate of drug-likeness (QED) is 0.416. The normalized spacial score (nSPS) is 18.9. The van der Waals surface area contributed by atoms with E-state index < -0.39 is 28.7 Å². The number of ether oxygens (including phenoxy) is 3. The standard InChI is InChI=1S/C27H38N2O7S/c1-4-36-25(32)22(17-19-7-9-21(34-3)10-8-19)28-26(33)27(13-5-6-14-27)29-24(31)23(37-18(2)30)20-11-15-35-16-12-20/h7-10,20,22-23H,4-6,11-17H2,1-3H3,(H,28,33)(H,29,31)/t22-,23-/m0/s1. The number of esters is 1. The van der Waals surface area contributed by atoms with Crippen LogP contribution in [-0.2, 0) is 35.1 Å². The number of amides is 2. The molecule has 37 heavy (non-hydrogen) atoms. The Bertz CT molecular complexity index is 941. The highest BCUT2D eigenvalue weighted by molar-refractivity contribution is 8.14. The third kappa shape index (κ3) is 7.95. The van der Waals surface area contributed by atoms with Crippen LogP contribution < -0.4 is 15.4 Å². The van der Waals surface area contributed by atoms with E-state index in [0.29, 0.717) is 44.6 Å². The molecule has 0 radical (unpaired) electrons. The molecule has 1 aromatic rings. The summed E-state index contributed by atoms with van der Waals surface area (Å²) < 4.78 is 15.9. The number of carbonyl (C=O) groups excluding carboxylic acids is 4. The number of rotatable bonds is 11. The highest BCUT2D eigenvalue weighted by Crippen LogP contribution is 2.33. The smallest absolute Gasteiger partial charge is 0.328 e. The van der Waals surface area contributed by atoms with Gasteiger partial charge in [0.25, 0.3) is 0 Å². The van der Waals surface area contributed by atoms with E-state index in [4.69, 9.17) is 14.2 Å². The zero-order chi connectivity index (χ0) is 26.8. The van der Waals surface area contributed by atoms with Crippen molar-refractivity contribution < 1.29 is 33.4 Å². The van der Waals surface area contributed by atoms with Gasteiger partial charge in [-0.25, -0.2) is 4.79 Å². The topological polar surface area (TPSA) is 120 Å². The Morgan fingerprint density at radius 1 is 1.11 bits per heavy atom. The maximum absolute atomic E-state index is 13.7. The van der Waals surface area contributed by atoms with Crippen LogP contribution >= 0.6 is 11.8 Å². The number of hydrogen-bond donors (Lipinski definition) is 2. The number of carbonyl (C=O) groups is 4. The predicted octanol–water partition coefficient (Wildman–Crippen LogP) is 2.79. The fraction of sp³-hybridized carbons (Fsp3) is 0.630. The van der Waals surface area contributed by atoms with E-state index in [1.54, 1.807) is 26.2 Å². The van der Waals surface area contributed by atoms with E-state index in [9.17, 15) is 19.2 Å². The predicted molar refractivity (Wildman–Crippen MR) is 140 cm³/mol. The van der Waals surface area contributed by atoms with Crippen LogP contribution in [-0.4, -0.2) is 66.7 Å². The monoisotopic (exact) mass is 534 g/mol. The first-order chi connectivity index (χ1) is 17.8. The SMILES string of the molecule is CCOC(=O)[C@H](Cc1ccc(OC)cc1)NC(=O)C1(NC(=O)[C@@H](SC(C)=O)C2CCOCC2)CCCC1. The summed E-state index contributed by atoms with van der Waals surface area (Å²) in [7, 11) is 1.58. The lowest BCUT2D eigenvalue weighted by molar-refractivity contribution is -0.148. The lowest BCUT2D eigenvalue weighted by Crippen LogP contribution is -2.62. The summed E-state index contributed by atoms with van der Waals surface area (Å²) in [6.45, 7) is 4.44. The number of thioether (sulfide) groups is 1. The molecule has 2 amide bonds. The average Bonchev–Trinajstić information content (AvgIpc) is 3.37. The maximum Gasteiger partial charge on any atom is 0.328 e. The van der Waals surface area contributed by atoms with Crippen LogP contribution in [0, 0.1) is 5.92 Å². The highest BCUT2D eigenvalue weighted by Gasteiger charge is 2.46. The Balaban J connectivity index is 1.77. The minimum atomic E-state index is -1.14. The number of methoxy groups -OCH3 is 1. The first-order valence-electron chi connectivity index (χ1n) is 13.0. The molecular formula is C27H38N2O7S. The average molecular weight is 535 g/mol. The molecule has 0 unspecified atom stereocenters. The Kier molecular flexibility index (Phi) is 10.8. The fourth-order valence-corrected chi connectivity index (χ4v) is 5.97. The molecule has 204 valence electrons. The van der Waals surface area contributed by atoms with Crippen molar-refractivity contribution in [2.75, 3.05) is 26.9 Å². The molecule has 1 heterocycles. The lowest BCUT2D eigenvalue weighted by Gasteiger charge is -2.34. The molecular weight excluding hydrogens is 496 g/mol. The van der Waals surface area contributed by atoms with E-state index in [1.807, 2.05) is 12.1 Å². The second-order valence-corrected chi connectivity index (χ2v) is 10.9. The van der Waals surface area contributed by atoms with Gasteiger partial charge in [-0.05, 0) is 56.2 Å². The minimum absolute atomic E-state index is 0.00785. The molecule has 2 aliphatic rings. The molecule has 1 saturated carbocycles. The van der Waals surface area contributed by atoms with Crippen molar-refractivity contribution in [3.8, 4) is 5.75 Å². The van der Waals surface area contributed by atoms with Crippen molar-refractivity contribution in [2.45, 2.75) is 75.6 Å². The van der Waals surface area contributed by atoms with Crippen molar-refractivity contribution in [2.24, 2.45) is 5.92 Å². The van der Waals surface area contributed by atoms with Crippen molar-refractivity contribution >= 4 is 34.7 Å². The van der Waals surface area contributed by atoms with Crippen LogP contribution in [0.3, 0.4) is 0 Å². The largest absolute Gasteiger partial charge is 0.497 e. The summed E-state index contributed by atoms with van der Waals surface area (Å²) in [5.41, 5.74) is -0.302. The van der Waals surface area contributed by atoms with Crippen molar-refractivity contribution in [1.82, 2.24) is 10.6 Å². The van der Waals surface area contributed by atoms with E-state index in [1.165, 1.54) is 6.92 Å². The lowest BCUT2D eigenvalue weighted by atomic mass is 9.92. The van der Waals surface area contributed by atoms with E-state index in [-0.39, 0.29) is 30.0 Å². The van der Waals surface area contributed by atoms with E-state index >= 15 is 0 Å². The van der Waals surface area contributed by atoms with Gasteiger partial charge in [0.1, 0.15) is 17.3 Å². The Hall–Kier alpha value is -2.59. The van der Waals surface area contributed by atoms with Gasteiger partial charge in [0.15, 0.2) is 5.12 Å². The molecule has 0 aromatic heterocycles. The van der Waals surface area contributed by atoms with Gasteiger partial charge in [-0.2, -0.15) is 0 Å². The second-order valence-electron chi connectivity index (χ2n) is 9.59. The third-order valence-electron chi connectivity index (χ3n) is 6.98. The number of nitrogens with one attached hydrogen (secondary N) is 2. The van der Waals surface area contributed by atoms with Crippen molar-refractivity contribution in [3.63, 3.8) is 0 Å². The molecule has 3 rings (SSSR count). The van der Waals surface area contributed by atoms with E-state index in [0.717, 1.165) is 30.2 Å². The molecule has 1 aromatic carbocycles.